The predicted molar refractivity (Wildman–Crippen MR) is 79.7 cm³/mol. The van der Waals surface area contributed by atoms with Crippen LogP contribution < -0.4 is 5.32 Å². The Bertz CT molecular complexity index is 691. The summed E-state index contributed by atoms with van der Waals surface area (Å²) < 4.78 is 14.1. The lowest BCUT2D eigenvalue weighted by molar-refractivity contribution is 0.502. The van der Waals surface area contributed by atoms with E-state index in [4.69, 9.17) is 11.6 Å². The van der Waals surface area contributed by atoms with Gasteiger partial charge in [0.05, 0.1) is 0 Å². The zero-order valence-electron chi connectivity index (χ0n) is 11.4. The van der Waals surface area contributed by atoms with Crippen molar-refractivity contribution in [3.63, 3.8) is 0 Å². The zero-order valence-corrected chi connectivity index (χ0v) is 12.1. The Morgan fingerprint density at radius 2 is 2.14 bits per heavy atom. The van der Waals surface area contributed by atoms with Crippen LogP contribution in [0.1, 0.15) is 30.7 Å². The molecular weight excluding hydrogens is 289 g/mol. The Morgan fingerprint density at radius 3 is 2.86 bits per heavy atom. The molecule has 108 valence electrons. The Morgan fingerprint density at radius 1 is 1.24 bits per heavy atom. The van der Waals surface area contributed by atoms with Crippen molar-refractivity contribution >= 4 is 11.6 Å². The Labute approximate surface area is 127 Å². The molecule has 0 unspecified atom stereocenters. The van der Waals surface area contributed by atoms with Crippen LogP contribution in [0.5, 0.6) is 0 Å². The van der Waals surface area contributed by atoms with E-state index in [0.29, 0.717) is 28.7 Å². The van der Waals surface area contributed by atoms with E-state index in [1.165, 1.54) is 12.8 Å². The summed E-state index contributed by atoms with van der Waals surface area (Å²) in [5.41, 5.74) is 2.33. The number of fused-ring (bicyclic) bond motifs is 2. The third-order valence-corrected chi connectivity index (χ3v) is 4.83. The summed E-state index contributed by atoms with van der Waals surface area (Å²) in [4.78, 5) is 7.89. The summed E-state index contributed by atoms with van der Waals surface area (Å²) in [6.07, 6.45) is 6.83. The number of nitrogens with one attached hydrogen (secondary N) is 1. The van der Waals surface area contributed by atoms with E-state index >= 15 is 0 Å². The van der Waals surface area contributed by atoms with E-state index in [1.807, 2.05) is 6.07 Å². The van der Waals surface area contributed by atoms with Gasteiger partial charge in [-0.05, 0) is 48.6 Å². The molecule has 21 heavy (non-hydrogen) atoms. The van der Waals surface area contributed by atoms with Crippen molar-refractivity contribution in [3.8, 4) is 11.1 Å². The van der Waals surface area contributed by atoms with Crippen LogP contribution in [0.2, 0.25) is 5.15 Å². The highest BCUT2D eigenvalue weighted by Crippen LogP contribution is 2.40. The van der Waals surface area contributed by atoms with Crippen LogP contribution in [0.25, 0.3) is 11.1 Å². The van der Waals surface area contributed by atoms with Gasteiger partial charge in [0.2, 0.25) is 5.95 Å². The second-order valence-electron chi connectivity index (χ2n) is 5.86. The number of pyridine rings is 2. The molecule has 4 rings (SSSR count). The van der Waals surface area contributed by atoms with E-state index in [1.54, 1.807) is 24.5 Å². The highest BCUT2D eigenvalue weighted by atomic mass is 35.5. The van der Waals surface area contributed by atoms with Crippen LogP contribution in [0, 0.1) is 5.95 Å². The van der Waals surface area contributed by atoms with Gasteiger partial charge in [-0.1, -0.05) is 11.6 Å². The molecule has 0 spiro atoms. The molecule has 3 atom stereocenters. The molecule has 2 saturated heterocycles. The molecule has 2 aromatic rings. The molecule has 2 aliphatic heterocycles. The first-order valence-electron chi connectivity index (χ1n) is 7.24. The highest BCUT2D eigenvalue weighted by molar-refractivity contribution is 6.29. The van der Waals surface area contributed by atoms with Gasteiger partial charge in [0.15, 0.2) is 0 Å². The number of hydrogen-bond donors (Lipinski definition) is 1. The van der Waals surface area contributed by atoms with E-state index in [0.717, 1.165) is 17.5 Å². The standard InChI is InChI=1S/C16H15ClFN3/c17-15-6-9(3-4-19-15)13-5-10(8-20-16(13)18)12-7-11-1-2-14(12)21-11/h3-6,8,11-12,14,21H,1-2,7H2/t11-,12-,14-/m1/s1. The van der Waals surface area contributed by atoms with E-state index in [2.05, 4.69) is 15.3 Å². The van der Waals surface area contributed by atoms with Gasteiger partial charge in [0.25, 0.3) is 0 Å². The zero-order chi connectivity index (χ0) is 14.4. The number of hydrogen-bond acceptors (Lipinski definition) is 3. The van der Waals surface area contributed by atoms with Gasteiger partial charge >= 0.3 is 0 Å². The molecule has 0 amide bonds. The molecule has 2 aliphatic rings. The summed E-state index contributed by atoms with van der Waals surface area (Å²) in [5, 5.41) is 3.97. The molecule has 2 fully saturated rings. The largest absolute Gasteiger partial charge is 0.311 e. The molecule has 3 nitrogen and oxygen atoms in total. The van der Waals surface area contributed by atoms with Crippen molar-refractivity contribution in [2.45, 2.75) is 37.3 Å². The van der Waals surface area contributed by atoms with Crippen LogP contribution in [-0.2, 0) is 0 Å². The molecule has 0 radical (unpaired) electrons. The van der Waals surface area contributed by atoms with Crippen molar-refractivity contribution in [3.05, 3.63) is 47.3 Å². The molecule has 0 saturated carbocycles. The molecule has 2 bridgehead atoms. The first-order chi connectivity index (χ1) is 10.2. The Balaban J connectivity index is 1.73. The quantitative estimate of drug-likeness (QED) is 0.862. The van der Waals surface area contributed by atoms with Gasteiger partial charge < -0.3 is 5.32 Å². The number of nitrogens with zero attached hydrogens (tertiary/aromatic N) is 2. The summed E-state index contributed by atoms with van der Waals surface area (Å²) in [6.45, 7) is 0. The lowest BCUT2D eigenvalue weighted by Crippen LogP contribution is -2.21. The van der Waals surface area contributed by atoms with Gasteiger partial charge in [-0.2, -0.15) is 4.39 Å². The first kappa shape index (κ1) is 13.2. The maximum atomic E-state index is 14.1. The fourth-order valence-electron chi connectivity index (χ4n) is 3.63. The van der Waals surface area contributed by atoms with Gasteiger partial charge in [-0.15, -0.1) is 0 Å². The van der Waals surface area contributed by atoms with Gasteiger partial charge in [0.1, 0.15) is 5.15 Å². The fraction of sp³-hybridized carbons (Fsp3) is 0.375. The Kier molecular flexibility index (Phi) is 3.16. The number of rotatable bonds is 2. The van der Waals surface area contributed by atoms with Gasteiger partial charge in [-0.25, -0.2) is 9.97 Å². The fourth-order valence-corrected chi connectivity index (χ4v) is 3.81. The normalized spacial score (nSPS) is 27.2. The molecule has 2 aromatic heterocycles. The van der Waals surface area contributed by atoms with Crippen molar-refractivity contribution in [2.24, 2.45) is 0 Å². The molecule has 0 aliphatic carbocycles. The third-order valence-electron chi connectivity index (χ3n) is 4.63. The summed E-state index contributed by atoms with van der Waals surface area (Å²) in [6, 6.07) is 6.47. The van der Waals surface area contributed by atoms with Crippen molar-refractivity contribution in [1.82, 2.24) is 15.3 Å². The summed E-state index contributed by atoms with van der Waals surface area (Å²) >= 11 is 5.90. The van der Waals surface area contributed by atoms with Crippen LogP contribution in [0.4, 0.5) is 4.39 Å². The number of aromatic nitrogens is 2. The minimum atomic E-state index is -0.461. The van der Waals surface area contributed by atoms with Crippen LogP contribution >= 0.6 is 11.6 Å². The number of halogens is 2. The van der Waals surface area contributed by atoms with Crippen molar-refractivity contribution in [1.29, 1.82) is 0 Å². The first-order valence-corrected chi connectivity index (χ1v) is 7.62. The third kappa shape index (κ3) is 2.32. The molecule has 4 heterocycles. The van der Waals surface area contributed by atoms with Gasteiger partial charge in [0, 0.05) is 36.0 Å². The SMILES string of the molecule is Fc1ncc([C@H]2C[C@H]3CC[C@H]2N3)cc1-c1ccnc(Cl)c1. The minimum Gasteiger partial charge on any atom is -0.311 e. The topological polar surface area (TPSA) is 37.8 Å². The van der Waals surface area contributed by atoms with Crippen LogP contribution in [-0.4, -0.2) is 22.1 Å². The molecular formula is C16H15ClFN3. The smallest absolute Gasteiger partial charge is 0.220 e. The second-order valence-corrected chi connectivity index (χ2v) is 6.25. The highest BCUT2D eigenvalue weighted by Gasteiger charge is 2.39. The predicted octanol–water partition coefficient (Wildman–Crippen LogP) is 3.54. The van der Waals surface area contributed by atoms with Gasteiger partial charge in [-0.3, -0.25) is 0 Å². The average molecular weight is 304 g/mol. The van der Waals surface area contributed by atoms with E-state index in [9.17, 15) is 4.39 Å². The molecule has 1 N–H and O–H groups in total. The lowest BCUT2D eigenvalue weighted by Gasteiger charge is -2.20. The average Bonchev–Trinajstić information content (AvgIpc) is 3.10. The molecule has 5 heteroatoms. The van der Waals surface area contributed by atoms with E-state index in [-0.39, 0.29) is 0 Å². The summed E-state index contributed by atoms with van der Waals surface area (Å²) in [5.74, 6) is -0.0231. The molecule has 0 aromatic carbocycles. The summed E-state index contributed by atoms with van der Waals surface area (Å²) in [7, 11) is 0. The monoisotopic (exact) mass is 303 g/mol. The lowest BCUT2D eigenvalue weighted by atomic mass is 9.84. The van der Waals surface area contributed by atoms with Crippen LogP contribution in [0.15, 0.2) is 30.6 Å². The van der Waals surface area contributed by atoms with E-state index < -0.39 is 5.95 Å². The van der Waals surface area contributed by atoms with Crippen molar-refractivity contribution in [2.75, 3.05) is 0 Å². The maximum absolute atomic E-state index is 14.1. The second kappa shape index (κ2) is 5.04. The maximum Gasteiger partial charge on any atom is 0.220 e. The van der Waals surface area contributed by atoms with Crippen LogP contribution in [0.3, 0.4) is 0 Å². The van der Waals surface area contributed by atoms with Crippen molar-refractivity contribution < 1.29 is 4.39 Å². The Hall–Kier alpha value is -1.52. The minimum absolute atomic E-state index is 0.360.